The number of nitrogens with zero attached hydrogens (tertiary/aromatic N) is 2. The zero-order valence-corrected chi connectivity index (χ0v) is 14.8. The number of benzene rings is 1. The summed E-state index contributed by atoms with van der Waals surface area (Å²) in [6.07, 6.45) is 3.86. The van der Waals surface area contributed by atoms with Crippen LogP contribution in [0.1, 0.15) is 32.3 Å². The fourth-order valence-corrected chi connectivity index (χ4v) is 2.17. The number of guanidine groups is 1. The van der Waals surface area contributed by atoms with Crippen molar-refractivity contribution < 1.29 is 9.13 Å². The Morgan fingerprint density at radius 2 is 2.08 bits per heavy atom. The second-order valence-electron chi connectivity index (χ2n) is 5.50. The predicted molar refractivity (Wildman–Crippen MR) is 98.4 cm³/mol. The number of nitrogens with one attached hydrogen (secondary N) is 2. The van der Waals surface area contributed by atoms with Gasteiger partial charge in [-0.3, -0.25) is 0 Å². The summed E-state index contributed by atoms with van der Waals surface area (Å²) in [6, 6.07) is 9.74. The number of unbranched alkanes of at least 4 members (excludes halogenated alkanes) is 1. The SMILES string of the molecule is CCCCNC(=NCc1cccnc1Oc1cccc(F)c1)NCC. The summed E-state index contributed by atoms with van der Waals surface area (Å²) >= 11 is 0. The monoisotopic (exact) mass is 344 g/mol. The smallest absolute Gasteiger partial charge is 0.224 e. The van der Waals surface area contributed by atoms with Crippen molar-refractivity contribution in [3.8, 4) is 11.6 Å². The Bertz CT molecular complexity index is 691. The van der Waals surface area contributed by atoms with E-state index in [2.05, 4.69) is 27.5 Å². The minimum Gasteiger partial charge on any atom is -0.439 e. The molecular weight excluding hydrogens is 319 g/mol. The molecule has 2 N–H and O–H groups in total. The Morgan fingerprint density at radius 3 is 2.84 bits per heavy atom. The summed E-state index contributed by atoms with van der Waals surface area (Å²) in [5.41, 5.74) is 0.833. The van der Waals surface area contributed by atoms with Crippen LogP contribution in [0.25, 0.3) is 0 Å². The van der Waals surface area contributed by atoms with Gasteiger partial charge in [-0.15, -0.1) is 0 Å². The molecular formula is C19H25FN4O. The van der Waals surface area contributed by atoms with Gasteiger partial charge in [0.05, 0.1) is 6.54 Å². The van der Waals surface area contributed by atoms with Gasteiger partial charge in [0.1, 0.15) is 11.6 Å². The van der Waals surface area contributed by atoms with Crippen molar-refractivity contribution in [1.29, 1.82) is 0 Å². The summed E-state index contributed by atoms with van der Waals surface area (Å²) in [5.74, 6) is 1.26. The maximum Gasteiger partial charge on any atom is 0.224 e. The first-order valence-corrected chi connectivity index (χ1v) is 8.62. The van der Waals surface area contributed by atoms with Gasteiger partial charge in [0.25, 0.3) is 0 Å². The number of aliphatic imine (C=N–C) groups is 1. The first kappa shape index (κ1) is 18.7. The molecule has 5 nitrogen and oxygen atoms in total. The van der Waals surface area contributed by atoms with Crippen molar-refractivity contribution in [3.63, 3.8) is 0 Å². The lowest BCUT2D eigenvalue weighted by atomic mass is 10.2. The van der Waals surface area contributed by atoms with Gasteiger partial charge in [0, 0.05) is 30.9 Å². The highest BCUT2D eigenvalue weighted by Gasteiger charge is 2.07. The quantitative estimate of drug-likeness (QED) is 0.434. The van der Waals surface area contributed by atoms with Gasteiger partial charge in [-0.2, -0.15) is 0 Å². The molecule has 2 aromatic rings. The van der Waals surface area contributed by atoms with Crippen molar-refractivity contribution in [2.45, 2.75) is 33.2 Å². The van der Waals surface area contributed by atoms with Gasteiger partial charge >= 0.3 is 0 Å². The third-order valence-corrected chi connectivity index (χ3v) is 3.44. The lowest BCUT2D eigenvalue weighted by Gasteiger charge is -2.12. The number of ether oxygens (including phenoxy) is 1. The van der Waals surface area contributed by atoms with E-state index in [1.807, 2.05) is 19.1 Å². The van der Waals surface area contributed by atoms with Crippen molar-refractivity contribution in [2.24, 2.45) is 4.99 Å². The molecule has 0 aliphatic carbocycles. The average Bonchev–Trinajstić information content (AvgIpc) is 2.61. The molecule has 0 saturated heterocycles. The van der Waals surface area contributed by atoms with Crippen molar-refractivity contribution in [3.05, 3.63) is 54.0 Å². The average molecular weight is 344 g/mol. The lowest BCUT2D eigenvalue weighted by Crippen LogP contribution is -2.37. The van der Waals surface area contributed by atoms with Crippen molar-refractivity contribution >= 4 is 5.96 Å². The zero-order valence-electron chi connectivity index (χ0n) is 14.8. The first-order valence-electron chi connectivity index (χ1n) is 8.62. The normalized spacial score (nSPS) is 11.2. The zero-order chi connectivity index (χ0) is 17.9. The molecule has 6 heteroatoms. The molecule has 1 heterocycles. The second kappa shape index (κ2) is 10.3. The van der Waals surface area contributed by atoms with Gasteiger partial charge in [-0.25, -0.2) is 14.4 Å². The predicted octanol–water partition coefficient (Wildman–Crippen LogP) is 3.87. The van der Waals surface area contributed by atoms with E-state index >= 15 is 0 Å². The molecule has 25 heavy (non-hydrogen) atoms. The van der Waals surface area contributed by atoms with Crippen LogP contribution in [0.4, 0.5) is 4.39 Å². The number of pyridine rings is 1. The number of rotatable bonds is 8. The van der Waals surface area contributed by atoms with E-state index in [0.717, 1.165) is 37.5 Å². The van der Waals surface area contributed by atoms with Crippen LogP contribution in [0, 0.1) is 5.82 Å². The van der Waals surface area contributed by atoms with E-state index in [1.165, 1.54) is 12.1 Å². The molecule has 0 spiro atoms. The fraction of sp³-hybridized carbons (Fsp3) is 0.368. The molecule has 0 atom stereocenters. The van der Waals surface area contributed by atoms with Crippen LogP contribution >= 0.6 is 0 Å². The Morgan fingerprint density at radius 1 is 1.20 bits per heavy atom. The number of hydrogen-bond acceptors (Lipinski definition) is 3. The minimum atomic E-state index is -0.345. The summed E-state index contributed by atoms with van der Waals surface area (Å²) in [7, 11) is 0. The molecule has 0 aliphatic rings. The van der Waals surface area contributed by atoms with Gasteiger partial charge in [-0.1, -0.05) is 25.5 Å². The molecule has 2 rings (SSSR count). The third kappa shape index (κ3) is 6.41. The maximum absolute atomic E-state index is 13.3. The molecule has 0 fully saturated rings. The number of halogens is 1. The second-order valence-corrected chi connectivity index (χ2v) is 5.50. The Labute approximate surface area is 148 Å². The summed E-state index contributed by atoms with van der Waals surface area (Å²) < 4.78 is 19.0. The van der Waals surface area contributed by atoms with Crippen LogP contribution in [0.15, 0.2) is 47.6 Å². The Balaban J connectivity index is 2.09. The summed E-state index contributed by atoms with van der Waals surface area (Å²) in [5, 5.41) is 6.51. The largest absolute Gasteiger partial charge is 0.439 e. The molecule has 134 valence electrons. The van der Waals surface area contributed by atoms with Crippen LogP contribution in [-0.2, 0) is 6.54 Å². The van der Waals surface area contributed by atoms with E-state index in [-0.39, 0.29) is 5.82 Å². The molecule has 0 aliphatic heterocycles. The van der Waals surface area contributed by atoms with Gasteiger partial charge in [0.15, 0.2) is 5.96 Å². The molecule has 0 saturated carbocycles. The molecule has 0 unspecified atom stereocenters. The van der Waals surface area contributed by atoms with Crippen molar-refractivity contribution in [1.82, 2.24) is 15.6 Å². The van der Waals surface area contributed by atoms with E-state index in [4.69, 9.17) is 4.74 Å². The van der Waals surface area contributed by atoms with Crippen LogP contribution in [0.5, 0.6) is 11.6 Å². The molecule has 0 bridgehead atoms. The number of aromatic nitrogens is 1. The van der Waals surface area contributed by atoms with Gasteiger partial charge in [0.2, 0.25) is 5.88 Å². The molecule has 1 aromatic carbocycles. The third-order valence-electron chi connectivity index (χ3n) is 3.44. The van der Waals surface area contributed by atoms with Crippen LogP contribution in [0.2, 0.25) is 0 Å². The topological polar surface area (TPSA) is 58.5 Å². The van der Waals surface area contributed by atoms with E-state index in [0.29, 0.717) is 18.2 Å². The fourth-order valence-electron chi connectivity index (χ4n) is 2.17. The highest BCUT2D eigenvalue weighted by Crippen LogP contribution is 2.23. The van der Waals surface area contributed by atoms with E-state index in [9.17, 15) is 4.39 Å². The van der Waals surface area contributed by atoms with Crippen LogP contribution < -0.4 is 15.4 Å². The first-order chi connectivity index (χ1) is 12.2. The molecule has 0 radical (unpaired) electrons. The van der Waals surface area contributed by atoms with Crippen LogP contribution in [-0.4, -0.2) is 24.0 Å². The molecule has 0 amide bonds. The van der Waals surface area contributed by atoms with E-state index in [1.54, 1.807) is 18.3 Å². The lowest BCUT2D eigenvalue weighted by molar-refractivity contribution is 0.452. The Hall–Kier alpha value is -2.63. The summed E-state index contributed by atoms with van der Waals surface area (Å²) in [4.78, 5) is 8.82. The molecule has 1 aromatic heterocycles. The standard InChI is InChI=1S/C19H25FN4O/c1-3-5-11-23-19(21-4-2)24-14-15-8-7-12-22-18(15)25-17-10-6-9-16(20)13-17/h6-10,12-13H,3-5,11,14H2,1-2H3,(H2,21,23,24). The van der Waals surface area contributed by atoms with E-state index < -0.39 is 0 Å². The van der Waals surface area contributed by atoms with Gasteiger partial charge in [-0.05, 0) is 31.5 Å². The Kier molecular flexibility index (Phi) is 7.69. The number of hydrogen-bond donors (Lipinski definition) is 2. The van der Waals surface area contributed by atoms with Gasteiger partial charge < -0.3 is 15.4 Å². The highest BCUT2D eigenvalue weighted by atomic mass is 19.1. The minimum absolute atomic E-state index is 0.345. The van der Waals surface area contributed by atoms with Crippen LogP contribution in [0.3, 0.4) is 0 Å². The van der Waals surface area contributed by atoms with Crippen molar-refractivity contribution in [2.75, 3.05) is 13.1 Å². The maximum atomic E-state index is 13.3. The highest BCUT2D eigenvalue weighted by molar-refractivity contribution is 5.79. The summed E-state index contributed by atoms with van der Waals surface area (Å²) in [6.45, 7) is 6.26.